The molecular formula is C21H24N8. The number of para-hydroxylation sites is 1. The average molecular weight is 388 g/mol. The van der Waals surface area contributed by atoms with E-state index in [-0.39, 0.29) is 0 Å². The van der Waals surface area contributed by atoms with Gasteiger partial charge in [0.2, 0.25) is 17.8 Å². The molecule has 2 heterocycles. The van der Waals surface area contributed by atoms with Crippen molar-refractivity contribution in [2.75, 3.05) is 34.5 Å². The van der Waals surface area contributed by atoms with Gasteiger partial charge in [0.1, 0.15) is 0 Å². The highest BCUT2D eigenvalue weighted by atomic mass is 15.4. The second-order valence-electron chi connectivity index (χ2n) is 6.90. The summed E-state index contributed by atoms with van der Waals surface area (Å²) in [5, 5.41) is 7.68. The molecule has 0 unspecified atom stereocenters. The van der Waals surface area contributed by atoms with Crippen LogP contribution in [0.25, 0.3) is 0 Å². The van der Waals surface area contributed by atoms with Crippen LogP contribution in [0, 0.1) is 0 Å². The summed E-state index contributed by atoms with van der Waals surface area (Å²) in [5.74, 6) is 1.53. The third-order valence-corrected chi connectivity index (χ3v) is 4.69. The molecule has 1 saturated heterocycles. The minimum atomic E-state index is 0.398. The van der Waals surface area contributed by atoms with Crippen molar-refractivity contribution in [1.29, 1.82) is 0 Å². The first-order valence-corrected chi connectivity index (χ1v) is 9.67. The first-order chi connectivity index (χ1) is 14.2. The zero-order valence-electron chi connectivity index (χ0n) is 16.3. The lowest BCUT2D eigenvalue weighted by atomic mass is 10.1. The molecule has 2 aromatic carbocycles. The molecular weight excluding hydrogens is 364 g/mol. The summed E-state index contributed by atoms with van der Waals surface area (Å²) in [6.07, 6.45) is 2.29. The molecule has 1 aromatic heterocycles. The van der Waals surface area contributed by atoms with Crippen LogP contribution >= 0.6 is 0 Å². The standard InChI is InChI=1S/C21H24N8/c1-15(16-9-11-17(22)12-10-16)27-28-20-24-19(23-18-7-3-2-4-8-18)25-21(26-20)29-13-5-6-14-29/h2-4,7-12H,5-6,13-14,22H2,1H3,(H2,23,24,25,26,28)/b27-15-. The second-order valence-corrected chi connectivity index (χ2v) is 6.90. The molecule has 0 aliphatic carbocycles. The van der Waals surface area contributed by atoms with Gasteiger partial charge in [0.15, 0.2) is 0 Å². The van der Waals surface area contributed by atoms with Crippen LogP contribution in [-0.4, -0.2) is 33.8 Å². The highest BCUT2D eigenvalue weighted by Gasteiger charge is 2.17. The van der Waals surface area contributed by atoms with E-state index >= 15 is 0 Å². The molecule has 3 aromatic rings. The smallest absolute Gasteiger partial charge is 0.250 e. The summed E-state index contributed by atoms with van der Waals surface area (Å²) in [7, 11) is 0. The van der Waals surface area contributed by atoms with E-state index in [1.165, 1.54) is 0 Å². The van der Waals surface area contributed by atoms with E-state index in [1.54, 1.807) is 0 Å². The van der Waals surface area contributed by atoms with Gasteiger partial charge in [-0.15, -0.1) is 0 Å². The Kier molecular flexibility index (Phi) is 5.51. The van der Waals surface area contributed by atoms with E-state index < -0.39 is 0 Å². The summed E-state index contributed by atoms with van der Waals surface area (Å²) in [6, 6.07) is 17.4. The van der Waals surface area contributed by atoms with Crippen LogP contribution in [0.4, 0.5) is 29.2 Å². The average Bonchev–Trinajstić information content (AvgIpc) is 3.28. The highest BCUT2D eigenvalue weighted by molar-refractivity contribution is 5.99. The molecule has 0 radical (unpaired) electrons. The fourth-order valence-corrected chi connectivity index (χ4v) is 3.10. The first kappa shape index (κ1) is 18.7. The van der Waals surface area contributed by atoms with Crippen LogP contribution in [-0.2, 0) is 0 Å². The number of nitrogens with one attached hydrogen (secondary N) is 2. The fourth-order valence-electron chi connectivity index (χ4n) is 3.10. The summed E-state index contributed by atoms with van der Waals surface area (Å²) in [6.45, 7) is 3.81. The first-order valence-electron chi connectivity index (χ1n) is 9.67. The Balaban J connectivity index is 1.59. The number of anilines is 5. The monoisotopic (exact) mass is 388 g/mol. The SMILES string of the molecule is C/C(=N/Nc1nc(Nc2ccccc2)nc(N2CCCC2)n1)c1ccc(N)cc1. The molecule has 0 bridgehead atoms. The lowest BCUT2D eigenvalue weighted by Gasteiger charge is -2.16. The second kappa shape index (κ2) is 8.55. The maximum absolute atomic E-state index is 5.75. The van der Waals surface area contributed by atoms with Crippen LogP contribution in [0.1, 0.15) is 25.3 Å². The Morgan fingerprint density at radius 3 is 2.34 bits per heavy atom. The number of hydrogen-bond donors (Lipinski definition) is 3. The lowest BCUT2D eigenvalue weighted by molar-refractivity contribution is 0.882. The predicted octanol–water partition coefficient (Wildman–Crippen LogP) is 3.63. The zero-order chi connectivity index (χ0) is 20.1. The number of rotatable bonds is 6. The molecule has 1 fully saturated rings. The van der Waals surface area contributed by atoms with Crippen molar-refractivity contribution in [1.82, 2.24) is 15.0 Å². The molecule has 0 atom stereocenters. The van der Waals surface area contributed by atoms with E-state index in [4.69, 9.17) is 5.73 Å². The Morgan fingerprint density at radius 1 is 0.931 bits per heavy atom. The summed E-state index contributed by atoms with van der Waals surface area (Å²) in [4.78, 5) is 15.8. The number of benzene rings is 2. The van der Waals surface area contributed by atoms with Gasteiger partial charge in [-0.2, -0.15) is 20.1 Å². The summed E-state index contributed by atoms with van der Waals surface area (Å²) >= 11 is 0. The van der Waals surface area contributed by atoms with Crippen LogP contribution in [0.15, 0.2) is 59.7 Å². The van der Waals surface area contributed by atoms with Crippen molar-refractivity contribution in [2.24, 2.45) is 5.10 Å². The van der Waals surface area contributed by atoms with Crippen molar-refractivity contribution < 1.29 is 0 Å². The Labute approximate surface area is 169 Å². The maximum Gasteiger partial charge on any atom is 0.250 e. The van der Waals surface area contributed by atoms with Gasteiger partial charge < -0.3 is 16.0 Å². The molecule has 8 heteroatoms. The van der Waals surface area contributed by atoms with Gasteiger partial charge in [-0.05, 0) is 49.6 Å². The van der Waals surface area contributed by atoms with Gasteiger partial charge in [0.25, 0.3) is 0 Å². The molecule has 0 amide bonds. The number of aromatic nitrogens is 3. The minimum absolute atomic E-state index is 0.398. The molecule has 4 rings (SSSR count). The van der Waals surface area contributed by atoms with E-state index in [2.05, 4.69) is 35.7 Å². The Bertz CT molecular complexity index is 979. The maximum atomic E-state index is 5.75. The fraction of sp³-hybridized carbons (Fsp3) is 0.238. The van der Waals surface area contributed by atoms with Crippen LogP contribution in [0.3, 0.4) is 0 Å². The zero-order valence-corrected chi connectivity index (χ0v) is 16.3. The van der Waals surface area contributed by atoms with Gasteiger partial charge in [-0.25, -0.2) is 5.43 Å². The van der Waals surface area contributed by atoms with E-state index in [9.17, 15) is 0 Å². The largest absolute Gasteiger partial charge is 0.399 e. The van der Waals surface area contributed by atoms with Crippen molar-refractivity contribution in [3.8, 4) is 0 Å². The Morgan fingerprint density at radius 2 is 1.62 bits per heavy atom. The highest BCUT2D eigenvalue weighted by Crippen LogP contribution is 2.21. The topological polar surface area (TPSA) is 104 Å². The van der Waals surface area contributed by atoms with Crippen molar-refractivity contribution >= 4 is 34.9 Å². The molecule has 1 aliphatic heterocycles. The molecule has 29 heavy (non-hydrogen) atoms. The van der Waals surface area contributed by atoms with Crippen LogP contribution in [0.2, 0.25) is 0 Å². The normalized spacial score (nSPS) is 14.1. The van der Waals surface area contributed by atoms with Crippen molar-refractivity contribution in [2.45, 2.75) is 19.8 Å². The van der Waals surface area contributed by atoms with Gasteiger partial charge in [0, 0.05) is 24.5 Å². The lowest BCUT2D eigenvalue weighted by Crippen LogP contribution is -2.22. The van der Waals surface area contributed by atoms with E-state index in [1.807, 2.05) is 61.5 Å². The number of hydrazone groups is 1. The number of hydrogen-bond acceptors (Lipinski definition) is 8. The third kappa shape index (κ3) is 4.78. The number of nitrogen functional groups attached to an aromatic ring is 1. The van der Waals surface area contributed by atoms with Crippen molar-refractivity contribution in [3.63, 3.8) is 0 Å². The third-order valence-electron chi connectivity index (χ3n) is 4.69. The molecule has 4 N–H and O–H groups in total. The molecule has 0 saturated carbocycles. The van der Waals surface area contributed by atoms with Gasteiger partial charge in [-0.3, -0.25) is 0 Å². The van der Waals surface area contributed by atoms with Gasteiger partial charge in [0.05, 0.1) is 5.71 Å². The molecule has 148 valence electrons. The van der Waals surface area contributed by atoms with E-state index in [0.717, 1.165) is 48.6 Å². The van der Waals surface area contributed by atoms with Crippen LogP contribution < -0.4 is 21.4 Å². The molecule has 8 nitrogen and oxygen atoms in total. The van der Waals surface area contributed by atoms with Crippen LogP contribution in [0.5, 0.6) is 0 Å². The summed E-state index contributed by atoms with van der Waals surface area (Å²) in [5.41, 5.74) is 12.2. The molecule has 0 spiro atoms. The van der Waals surface area contributed by atoms with Gasteiger partial charge >= 0.3 is 0 Å². The van der Waals surface area contributed by atoms with Gasteiger partial charge in [-0.1, -0.05) is 30.3 Å². The number of nitrogens with zero attached hydrogens (tertiary/aromatic N) is 5. The minimum Gasteiger partial charge on any atom is -0.399 e. The number of nitrogens with two attached hydrogens (primary N) is 1. The summed E-state index contributed by atoms with van der Waals surface area (Å²) < 4.78 is 0. The van der Waals surface area contributed by atoms with Crippen molar-refractivity contribution in [3.05, 3.63) is 60.2 Å². The Hall–Kier alpha value is -3.68. The quantitative estimate of drug-likeness (QED) is 0.336. The predicted molar refractivity (Wildman–Crippen MR) is 118 cm³/mol. The van der Waals surface area contributed by atoms with E-state index in [0.29, 0.717) is 17.8 Å². The molecule has 1 aliphatic rings.